The molecule has 0 saturated carbocycles. The van der Waals surface area contributed by atoms with Gasteiger partial charge in [0.05, 0.1) is 0 Å². The van der Waals surface area contributed by atoms with Gasteiger partial charge in [-0.3, -0.25) is 0 Å². The van der Waals surface area contributed by atoms with Crippen LogP contribution >= 0.6 is 0 Å². The van der Waals surface area contributed by atoms with Gasteiger partial charge in [0, 0.05) is 5.57 Å². The molecule has 0 radical (unpaired) electrons. The molecule has 0 bridgehead atoms. The van der Waals surface area contributed by atoms with E-state index in [-0.39, 0.29) is 0 Å². The Hall–Kier alpha value is -0.530. The minimum absolute atomic E-state index is 0.394. The first-order valence-corrected chi connectivity index (χ1v) is 1.79. The lowest BCUT2D eigenvalue weighted by molar-refractivity contribution is 0.106. The van der Waals surface area contributed by atoms with Crippen molar-refractivity contribution in [1.29, 1.82) is 0 Å². The maximum atomic E-state index is 11.6. The summed E-state index contributed by atoms with van der Waals surface area (Å²) in [5.74, 6) is 0. The van der Waals surface area contributed by atoms with Crippen molar-refractivity contribution >= 4 is 0 Å². The average molecular weight is 88.1 g/mol. The molecule has 0 saturated heterocycles. The molecule has 0 fully saturated rings. The molecule has 0 aromatic heterocycles. The van der Waals surface area contributed by atoms with Gasteiger partial charge in [0.2, 0.25) is 0 Å². The Labute approximate surface area is 35.4 Å². The summed E-state index contributed by atoms with van der Waals surface area (Å²) in [4.78, 5) is 0. The first-order chi connectivity index (χ1) is 2.80. The zero-order valence-electron chi connectivity index (χ0n) is 3.49. The van der Waals surface area contributed by atoms with Gasteiger partial charge in [-0.1, -0.05) is 0 Å². The van der Waals surface area contributed by atoms with Crippen molar-refractivity contribution in [3.8, 4) is 0 Å². The number of ether oxygens (including phenoxy) is 1. The van der Waals surface area contributed by atoms with Crippen LogP contribution in [0, 0.1) is 0 Å². The molecular weight excluding hydrogens is 83.0 g/mol. The van der Waals surface area contributed by atoms with Crippen molar-refractivity contribution in [2.24, 2.45) is 0 Å². The van der Waals surface area contributed by atoms with Gasteiger partial charge in [0.1, 0.15) is 6.61 Å². The van der Waals surface area contributed by atoms with Crippen LogP contribution in [0.5, 0.6) is 0 Å². The number of hydrogen-bond donors (Lipinski definition) is 0. The van der Waals surface area contributed by atoms with Crippen molar-refractivity contribution < 1.29 is 9.13 Å². The van der Waals surface area contributed by atoms with Crippen LogP contribution in [0.15, 0.2) is 11.6 Å². The van der Waals surface area contributed by atoms with E-state index < -0.39 is 6.01 Å². The van der Waals surface area contributed by atoms with Crippen LogP contribution in [0.1, 0.15) is 6.92 Å². The SMILES string of the molecule is CC1=C(F)OC1. The maximum Gasteiger partial charge on any atom is 0.275 e. The Morgan fingerprint density at radius 2 is 2.33 bits per heavy atom. The number of rotatable bonds is 0. The van der Waals surface area contributed by atoms with E-state index in [9.17, 15) is 4.39 Å². The summed E-state index contributed by atoms with van der Waals surface area (Å²) in [5, 5.41) is 0. The van der Waals surface area contributed by atoms with Gasteiger partial charge >= 0.3 is 0 Å². The highest BCUT2D eigenvalue weighted by molar-refractivity contribution is 5.07. The highest BCUT2D eigenvalue weighted by atomic mass is 19.1. The molecule has 0 spiro atoms. The standard InChI is InChI=1S/C4H5FO/c1-3-2-6-4(3)5/h2H2,1H3. The monoisotopic (exact) mass is 88.0 g/mol. The van der Waals surface area contributed by atoms with Crippen LogP contribution in [-0.4, -0.2) is 6.61 Å². The Bertz CT molecular complexity index is 83.7. The zero-order chi connectivity index (χ0) is 4.57. The molecule has 0 unspecified atom stereocenters. The Balaban J connectivity index is 2.66. The molecule has 1 rings (SSSR count). The van der Waals surface area contributed by atoms with E-state index in [1.807, 2.05) is 0 Å². The maximum absolute atomic E-state index is 11.6. The molecule has 0 atom stereocenters. The molecular formula is C4H5FO. The predicted molar refractivity (Wildman–Crippen MR) is 19.8 cm³/mol. The van der Waals surface area contributed by atoms with E-state index in [4.69, 9.17) is 0 Å². The van der Waals surface area contributed by atoms with Gasteiger partial charge < -0.3 is 4.74 Å². The molecule has 1 aliphatic heterocycles. The fraction of sp³-hybridized carbons (Fsp3) is 0.500. The van der Waals surface area contributed by atoms with Crippen LogP contribution in [0.3, 0.4) is 0 Å². The van der Waals surface area contributed by atoms with Crippen LogP contribution in [-0.2, 0) is 4.74 Å². The molecule has 34 valence electrons. The molecule has 6 heavy (non-hydrogen) atoms. The summed E-state index contributed by atoms with van der Waals surface area (Å²) in [7, 11) is 0. The quantitative estimate of drug-likeness (QED) is 0.432. The largest absolute Gasteiger partial charge is 0.466 e. The summed E-state index contributed by atoms with van der Waals surface area (Å²) in [5.41, 5.74) is 0.718. The first kappa shape index (κ1) is 3.65. The first-order valence-electron chi connectivity index (χ1n) is 1.79. The number of hydrogen-bond acceptors (Lipinski definition) is 1. The second-order valence-corrected chi connectivity index (χ2v) is 1.34. The van der Waals surface area contributed by atoms with Gasteiger partial charge in [-0.2, -0.15) is 4.39 Å². The lowest BCUT2D eigenvalue weighted by atomic mass is 10.3. The molecule has 1 heterocycles. The average Bonchev–Trinajstić information content (AvgIpc) is 1.61. The summed E-state index contributed by atoms with van der Waals surface area (Å²) in [6.45, 7) is 2.19. The molecule has 1 nitrogen and oxygen atoms in total. The zero-order valence-corrected chi connectivity index (χ0v) is 3.49. The third kappa shape index (κ3) is 0.295. The Morgan fingerprint density at radius 1 is 1.83 bits per heavy atom. The number of halogens is 1. The fourth-order valence-corrected chi connectivity index (χ4v) is 0.271. The highest BCUT2D eigenvalue weighted by Crippen LogP contribution is 2.17. The van der Waals surface area contributed by atoms with Gasteiger partial charge in [-0.05, 0) is 6.92 Å². The van der Waals surface area contributed by atoms with Crippen LogP contribution < -0.4 is 0 Å². The molecule has 0 amide bonds. The van der Waals surface area contributed by atoms with Crippen molar-refractivity contribution in [2.45, 2.75) is 6.92 Å². The predicted octanol–water partition coefficient (Wildman–Crippen LogP) is 1.22. The third-order valence-electron chi connectivity index (χ3n) is 0.751. The molecule has 0 aromatic carbocycles. The highest BCUT2D eigenvalue weighted by Gasteiger charge is 2.11. The smallest absolute Gasteiger partial charge is 0.275 e. The van der Waals surface area contributed by atoms with E-state index in [1.54, 1.807) is 6.92 Å². The van der Waals surface area contributed by atoms with Gasteiger partial charge in [-0.25, -0.2) is 0 Å². The minimum Gasteiger partial charge on any atom is -0.466 e. The second-order valence-electron chi connectivity index (χ2n) is 1.34. The van der Waals surface area contributed by atoms with E-state index in [0.29, 0.717) is 6.61 Å². The Kier molecular flexibility index (Phi) is 0.587. The van der Waals surface area contributed by atoms with Gasteiger partial charge in [-0.15, -0.1) is 0 Å². The van der Waals surface area contributed by atoms with Crippen LogP contribution in [0.25, 0.3) is 0 Å². The molecule has 0 N–H and O–H groups in total. The van der Waals surface area contributed by atoms with Crippen molar-refractivity contribution in [3.63, 3.8) is 0 Å². The van der Waals surface area contributed by atoms with E-state index >= 15 is 0 Å². The molecule has 0 aliphatic carbocycles. The topological polar surface area (TPSA) is 9.23 Å². The third-order valence-corrected chi connectivity index (χ3v) is 0.751. The second kappa shape index (κ2) is 0.965. The van der Waals surface area contributed by atoms with Gasteiger partial charge in [0.25, 0.3) is 6.01 Å². The molecule has 0 aromatic rings. The van der Waals surface area contributed by atoms with Crippen molar-refractivity contribution in [1.82, 2.24) is 0 Å². The van der Waals surface area contributed by atoms with E-state index in [1.165, 1.54) is 0 Å². The van der Waals surface area contributed by atoms with Gasteiger partial charge in [0.15, 0.2) is 0 Å². The summed E-state index contributed by atoms with van der Waals surface area (Å²) < 4.78 is 15.8. The fourth-order valence-electron chi connectivity index (χ4n) is 0.271. The normalized spacial score (nSPS) is 19.7. The van der Waals surface area contributed by atoms with Crippen molar-refractivity contribution in [2.75, 3.05) is 6.61 Å². The van der Waals surface area contributed by atoms with E-state index in [2.05, 4.69) is 4.74 Å². The summed E-state index contributed by atoms with van der Waals surface area (Å²) in [6, 6.07) is -0.394. The lowest BCUT2D eigenvalue weighted by Crippen LogP contribution is -2.06. The lowest BCUT2D eigenvalue weighted by Gasteiger charge is -2.13. The molecule has 2 heteroatoms. The van der Waals surface area contributed by atoms with Crippen LogP contribution in [0.2, 0.25) is 0 Å². The summed E-state index contributed by atoms with van der Waals surface area (Å²) >= 11 is 0. The minimum atomic E-state index is -0.394. The van der Waals surface area contributed by atoms with E-state index in [0.717, 1.165) is 5.57 Å². The molecule has 1 aliphatic rings. The van der Waals surface area contributed by atoms with Crippen LogP contribution in [0.4, 0.5) is 4.39 Å². The summed E-state index contributed by atoms with van der Waals surface area (Å²) in [6.07, 6.45) is 0. The Morgan fingerprint density at radius 3 is 2.33 bits per heavy atom. The van der Waals surface area contributed by atoms with Crippen molar-refractivity contribution in [3.05, 3.63) is 11.6 Å².